The van der Waals surface area contributed by atoms with Crippen LogP contribution in [0.25, 0.3) is 0 Å². The molecule has 6 heteroatoms. The van der Waals surface area contributed by atoms with E-state index in [2.05, 4.69) is 27.3 Å². The van der Waals surface area contributed by atoms with E-state index in [4.69, 9.17) is 9.47 Å². The van der Waals surface area contributed by atoms with Crippen molar-refractivity contribution in [1.29, 1.82) is 0 Å². The van der Waals surface area contributed by atoms with Crippen molar-refractivity contribution in [3.8, 4) is 5.75 Å². The highest BCUT2D eigenvalue weighted by molar-refractivity contribution is 5.77. The standard InChI is InChI=1S/C22H27N3O3/c26-21-15-22(28-13-10-24-21)7-11-25(12-8-22)16-18-4-3-6-20(14-18)27-17-19-5-1-2-9-23-19/h1-6,9,14H,7-8,10-13,15-17H2,(H,24,26). The monoisotopic (exact) mass is 381 g/mol. The number of aromatic nitrogens is 1. The summed E-state index contributed by atoms with van der Waals surface area (Å²) in [6.45, 7) is 4.45. The molecule has 2 saturated heterocycles. The fraction of sp³-hybridized carbons (Fsp3) is 0.455. The summed E-state index contributed by atoms with van der Waals surface area (Å²) in [5, 5.41) is 2.90. The Bertz CT molecular complexity index is 789. The van der Waals surface area contributed by atoms with Gasteiger partial charge in [0.05, 0.1) is 24.3 Å². The maximum atomic E-state index is 11.9. The molecule has 148 valence electrons. The smallest absolute Gasteiger partial charge is 0.222 e. The Morgan fingerprint density at radius 2 is 2.07 bits per heavy atom. The molecule has 1 amide bonds. The third-order valence-corrected chi connectivity index (χ3v) is 5.50. The number of piperidine rings is 1. The number of hydrogen-bond donors (Lipinski definition) is 1. The lowest BCUT2D eigenvalue weighted by Gasteiger charge is -2.40. The van der Waals surface area contributed by atoms with E-state index in [0.29, 0.717) is 26.2 Å². The lowest BCUT2D eigenvalue weighted by Crippen LogP contribution is -2.46. The number of likely N-dealkylation sites (tertiary alicyclic amines) is 1. The molecule has 1 aromatic heterocycles. The number of benzene rings is 1. The van der Waals surface area contributed by atoms with Crippen molar-refractivity contribution < 1.29 is 14.3 Å². The third kappa shape index (κ3) is 4.88. The van der Waals surface area contributed by atoms with Gasteiger partial charge in [-0.15, -0.1) is 0 Å². The summed E-state index contributed by atoms with van der Waals surface area (Å²) in [7, 11) is 0. The molecule has 6 nitrogen and oxygen atoms in total. The number of rotatable bonds is 5. The zero-order valence-corrected chi connectivity index (χ0v) is 16.1. The molecule has 0 radical (unpaired) electrons. The van der Waals surface area contributed by atoms with Gasteiger partial charge in [0, 0.05) is 32.4 Å². The van der Waals surface area contributed by atoms with Crippen molar-refractivity contribution in [2.45, 2.75) is 38.0 Å². The topological polar surface area (TPSA) is 63.7 Å². The number of nitrogens with one attached hydrogen (secondary N) is 1. The van der Waals surface area contributed by atoms with Gasteiger partial charge < -0.3 is 14.8 Å². The molecule has 1 N–H and O–H groups in total. The van der Waals surface area contributed by atoms with Gasteiger partial charge in [-0.25, -0.2) is 0 Å². The Labute approximate surface area is 165 Å². The molecule has 2 aliphatic rings. The molecule has 2 aromatic rings. The molecule has 28 heavy (non-hydrogen) atoms. The second kappa shape index (κ2) is 8.71. The summed E-state index contributed by atoms with van der Waals surface area (Å²) in [6, 6.07) is 14.1. The van der Waals surface area contributed by atoms with Gasteiger partial charge in [0.2, 0.25) is 5.91 Å². The van der Waals surface area contributed by atoms with Crippen LogP contribution in [0.3, 0.4) is 0 Å². The van der Waals surface area contributed by atoms with Crippen LogP contribution in [0.15, 0.2) is 48.7 Å². The highest BCUT2D eigenvalue weighted by Gasteiger charge is 2.38. The molecule has 0 bridgehead atoms. The summed E-state index contributed by atoms with van der Waals surface area (Å²) in [4.78, 5) is 18.6. The van der Waals surface area contributed by atoms with E-state index in [9.17, 15) is 4.79 Å². The van der Waals surface area contributed by atoms with E-state index in [1.807, 2.05) is 30.3 Å². The second-order valence-corrected chi connectivity index (χ2v) is 7.59. The molecular weight excluding hydrogens is 354 g/mol. The first-order valence-corrected chi connectivity index (χ1v) is 9.96. The van der Waals surface area contributed by atoms with Crippen molar-refractivity contribution in [3.63, 3.8) is 0 Å². The van der Waals surface area contributed by atoms with Crippen LogP contribution in [0, 0.1) is 0 Å². The molecule has 4 rings (SSSR count). The van der Waals surface area contributed by atoms with Gasteiger partial charge in [-0.2, -0.15) is 0 Å². The number of ether oxygens (including phenoxy) is 2. The van der Waals surface area contributed by atoms with E-state index in [1.54, 1.807) is 6.20 Å². The number of nitrogens with zero attached hydrogens (tertiary/aromatic N) is 2. The number of amides is 1. The molecule has 1 spiro atoms. The lowest BCUT2D eigenvalue weighted by atomic mass is 9.87. The minimum Gasteiger partial charge on any atom is -0.487 e. The van der Waals surface area contributed by atoms with Gasteiger partial charge in [0.1, 0.15) is 12.4 Å². The maximum absolute atomic E-state index is 11.9. The molecule has 3 heterocycles. The predicted octanol–water partition coefficient (Wildman–Crippen LogP) is 2.53. The molecule has 0 aliphatic carbocycles. The first-order chi connectivity index (χ1) is 13.7. The van der Waals surface area contributed by atoms with Gasteiger partial charge in [0.15, 0.2) is 0 Å². The number of carbonyl (C=O) groups is 1. The summed E-state index contributed by atoms with van der Waals surface area (Å²) in [6.07, 6.45) is 4.06. The molecular formula is C22H27N3O3. The molecule has 0 unspecified atom stereocenters. The highest BCUT2D eigenvalue weighted by atomic mass is 16.5. The Morgan fingerprint density at radius 3 is 2.89 bits per heavy atom. The molecule has 0 atom stereocenters. The second-order valence-electron chi connectivity index (χ2n) is 7.59. The van der Waals surface area contributed by atoms with Gasteiger partial charge in [0.25, 0.3) is 0 Å². The van der Waals surface area contributed by atoms with E-state index in [1.165, 1.54) is 5.56 Å². The zero-order chi connectivity index (χ0) is 19.2. The average molecular weight is 381 g/mol. The van der Waals surface area contributed by atoms with E-state index >= 15 is 0 Å². The van der Waals surface area contributed by atoms with Crippen LogP contribution in [0.2, 0.25) is 0 Å². The normalized spacial score (nSPS) is 19.8. The Hall–Kier alpha value is -2.44. The van der Waals surface area contributed by atoms with Gasteiger partial charge in [-0.3, -0.25) is 14.7 Å². The number of carbonyl (C=O) groups excluding carboxylic acids is 1. The van der Waals surface area contributed by atoms with Crippen LogP contribution in [0.5, 0.6) is 5.75 Å². The molecule has 1 aromatic carbocycles. The SMILES string of the molecule is O=C1CC2(CCN(Cc3cccc(OCc4ccccn4)c3)CC2)OCCN1. The highest BCUT2D eigenvalue weighted by Crippen LogP contribution is 2.31. The van der Waals surface area contributed by atoms with Crippen LogP contribution in [-0.4, -0.2) is 47.6 Å². The minimum absolute atomic E-state index is 0.115. The largest absolute Gasteiger partial charge is 0.487 e. The average Bonchev–Trinajstić information content (AvgIpc) is 2.90. The quantitative estimate of drug-likeness (QED) is 0.862. The fourth-order valence-electron chi connectivity index (χ4n) is 3.94. The van der Waals surface area contributed by atoms with Crippen LogP contribution in [0.1, 0.15) is 30.5 Å². The zero-order valence-electron chi connectivity index (χ0n) is 16.1. The first-order valence-electron chi connectivity index (χ1n) is 9.96. The Balaban J connectivity index is 1.31. The van der Waals surface area contributed by atoms with Crippen molar-refractivity contribution >= 4 is 5.91 Å². The molecule has 0 saturated carbocycles. The summed E-state index contributed by atoms with van der Waals surface area (Å²) in [5.41, 5.74) is 1.88. The third-order valence-electron chi connectivity index (χ3n) is 5.50. The minimum atomic E-state index is -0.273. The van der Waals surface area contributed by atoms with Crippen molar-refractivity contribution in [2.75, 3.05) is 26.2 Å². The van der Waals surface area contributed by atoms with Crippen LogP contribution < -0.4 is 10.1 Å². The van der Waals surface area contributed by atoms with Crippen LogP contribution in [0.4, 0.5) is 0 Å². The maximum Gasteiger partial charge on any atom is 0.222 e. The Morgan fingerprint density at radius 1 is 1.18 bits per heavy atom. The summed E-state index contributed by atoms with van der Waals surface area (Å²) in [5.74, 6) is 0.976. The molecule has 2 aliphatic heterocycles. The lowest BCUT2D eigenvalue weighted by molar-refractivity contribution is -0.128. The number of pyridine rings is 1. The van der Waals surface area contributed by atoms with Gasteiger partial charge >= 0.3 is 0 Å². The van der Waals surface area contributed by atoms with E-state index in [-0.39, 0.29) is 11.5 Å². The van der Waals surface area contributed by atoms with Crippen molar-refractivity contribution in [3.05, 3.63) is 59.9 Å². The molecule has 2 fully saturated rings. The van der Waals surface area contributed by atoms with Gasteiger partial charge in [-0.1, -0.05) is 18.2 Å². The summed E-state index contributed by atoms with van der Waals surface area (Å²) >= 11 is 0. The van der Waals surface area contributed by atoms with Crippen molar-refractivity contribution in [2.24, 2.45) is 0 Å². The first kappa shape index (κ1) is 18.9. The number of hydrogen-bond acceptors (Lipinski definition) is 5. The van der Waals surface area contributed by atoms with Crippen LogP contribution >= 0.6 is 0 Å². The van der Waals surface area contributed by atoms with E-state index < -0.39 is 0 Å². The fourth-order valence-corrected chi connectivity index (χ4v) is 3.94. The van der Waals surface area contributed by atoms with E-state index in [0.717, 1.165) is 43.9 Å². The van der Waals surface area contributed by atoms with Crippen LogP contribution in [-0.2, 0) is 22.7 Å². The summed E-state index contributed by atoms with van der Waals surface area (Å²) < 4.78 is 11.9. The van der Waals surface area contributed by atoms with Gasteiger partial charge in [-0.05, 0) is 42.7 Å². The van der Waals surface area contributed by atoms with Crippen molar-refractivity contribution in [1.82, 2.24) is 15.2 Å². The predicted molar refractivity (Wildman–Crippen MR) is 106 cm³/mol. The Kier molecular flexibility index (Phi) is 5.88.